The van der Waals surface area contributed by atoms with Crippen LogP contribution in [-0.4, -0.2) is 22.2 Å². The number of rotatable bonds is 6. The second-order valence-electron chi connectivity index (χ2n) is 4.61. The summed E-state index contributed by atoms with van der Waals surface area (Å²) in [6.07, 6.45) is 4.43. The zero-order chi connectivity index (χ0) is 15.1. The van der Waals surface area contributed by atoms with Crippen molar-refractivity contribution in [1.29, 1.82) is 0 Å². The van der Waals surface area contributed by atoms with E-state index in [1.165, 1.54) is 0 Å². The normalized spacial score (nSPS) is 12.3. The minimum Gasteiger partial charge on any atom is -0.478 e. The topological polar surface area (TPSA) is 74.6 Å². The summed E-state index contributed by atoms with van der Waals surface area (Å²) in [7, 11) is 0. The Bertz CT molecular complexity index is 520. The largest absolute Gasteiger partial charge is 0.478 e. The number of aliphatic carboxylic acids is 2. The Labute approximate surface area is 118 Å². The van der Waals surface area contributed by atoms with Gasteiger partial charge in [-0.15, -0.1) is 0 Å². The van der Waals surface area contributed by atoms with E-state index in [2.05, 4.69) is 0 Å². The van der Waals surface area contributed by atoms with Crippen LogP contribution in [0.5, 0.6) is 0 Å². The van der Waals surface area contributed by atoms with Gasteiger partial charge in [-0.3, -0.25) is 0 Å². The summed E-state index contributed by atoms with van der Waals surface area (Å²) in [6, 6.07) is 7.68. The lowest BCUT2D eigenvalue weighted by Crippen LogP contribution is -1.97. The maximum absolute atomic E-state index is 10.7. The average molecular weight is 274 g/mol. The molecule has 1 rings (SSSR count). The fourth-order valence-electron chi connectivity index (χ4n) is 1.60. The first-order valence-corrected chi connectivity index (χ1v) is 6.28. The third-order valence-corrected chi connectivity index (χ3v) is 2.95. The Balaban J connectivity index is 2.76. The van der Waals surface area contributed by atoms with Gasteiger partial charge < -0.3 is 10.2 Å². The fourth-order valence-corrected chi connectivity index (χ4v) is 1.60. The summed E-state index contributed by atoms with van der Waals surface area (Å²) >= 11 is 0. The lowest BCUT2D eigenvalue weighted by atomic mass is 10.0. The van der Waals surface area contributed by atoms with Gasteiger partial charge in [0.15, 0.2) is 0 Å². The predicted molar refractivity (Wildman–Crippen MR) is 76.6 cm³/mol. The first kappa shape index (κ1) is 15.7. The van der Waals surface area contributed by atoms with Crippen LogP contribution in [0.3, 0.4) is 0 Å². The van der Waals surface area contributed by atoms with E-state index in [1.54, 1.807) is 26.0 Å². The first-order valence-electron chi connectivity index (χ1n) is 6.28. The molecule has 0 saturated carbocycles. The number of hydrogen-bond donors (Lipinski definition) is 2. The number of carboxylic acids is 2. The van der Waals surface area contributed by atoms with Crippen molar-refractivity contribution in [2.45, 2.75) is 26.7 Å². The monoisotopic (exact) mass is 274 g/mol. The van der Waals surface area contributed by atoms with Gasteiger partial charge in [-0.05, 0) is 37.8 Å². The van der Waals surface area contributed by atoms with E-state index in [0.717, 1.165) is 11.1 Å². The molecule has 0 spiro atoms. The van der Waals surface area contributed by atoms with Crippen molar-refractivity contribution in [2.75, 3.05) is 0 Å². The van der Waals surface area contributed by atoms with Crippen LogP contribution < -0.4 is 0 Å². The van der Waals surface area contributed by atoms with E-state index in [0.29, 0.717) is 24.0 Å². The molecule has 0 aliphatic heterocycles. The molecule has 1 aromatic carbocycles. The second-order valence-corrected chi connectivity index (χ2v) is 4.61. The maximum atomic E-state index is 10.7. The lowest BCUT2D eigenvalue weighted by Gasteiger charge is -2.02. The average Bonchev–Trinajstić information content (AvgIpc) is 2.42. The molecule has 0 bridgehead atoms. The van der Waals surface area contributed by atoms with Crippen LogP contribution in [-0.2, 0) is 22.4 Å². The SMILES string of the molecule is CC(=CCc1cccc(CC=C(C)C(=O)O)c1)C(=O)O. The third kappa shape index (κ3) is 5.10. The highest BCUT2D eigenvalue weighted by Gasteiger charge is 2.01. The van der Waals surface area contributed by atoms with Crippen LogP contribution in [0.25, 0.3) is 0 Å². The van der Waals surface area contributed by atoms with E-state index in [4.69, 9.17) is 10.2 Å². The molecule has 1 aromatic rings. The number of carbonyl (C=O) groups is 2. The van der Waals surface area contributed by atoms with E-state index >= 15 is 0 Å². The molecule has 0 aliphatic carbocycles. The van der Waals surface area contributed by atoms with Crippen molar-refractivity contribution < 1.29 is 19.8 Å². The van der Waals surface area contributed by atoms with Crippen LogP contribution in [0.4, 0.5) is 0 Å². The summed E-state index contributed by atoms with van der Waals surface area (Å²) in [5, 5.41) is 17.6. The molecule has 0 saturated heterocycles. The summed E-state index contributed by atoms with van der Waals surface area (Å²) < 4.78 is 0. The fraction of sp³-hybridized carbons (Fsp3) is 0.250. The molecule has 0 atom stereocenters. The van der Waals surface area contributed by atoms with Gasteiger partial charge in [0.2, 0.25) is 0 Å². The Morgan fingerprint density at radius 3 is 1.70 bits per heavy atom. The standard InChI is InChI=1S/C16H18O4/c1-11(15(17)18)6-8-13-4-3-5-14(10-13)9-7-12(2)16(19)20/h3-7,10H,8-9H2,1-2H3,(H,17,18)(H,19,20). The Hall–Kier alpha value is -2.36. The molecule has 0 fully saturated rings. The van der Waals surface area contributed by atoms with E-state index in [-0.39, 0.29) is 0 Å². The van der Waals surface area contributed by atoms with Crippen molar-refractivity contribution >= 4 is 11.9 Å². The zero-order valence-electron chi connectivity index (χ0n) is 11.6. The van der Waals surface area contributed by atoms with E-state index in [9.17, 15) is 9.59 Å². The maximum Gasteiger partial charge on any atom is 0.330 e. The smallest absolute Gasteiger partial charge is 0.330 e. The number of benzene rings is 1. The van der Waals surface area contributed by atoms with Gasteiger partial charge in [0.1, 0.15) is 0 Å². The highest BCUT2D eigenvalue weighted by molar-refractivity contribution is 5.86. The first-order chi connectivity index (χ1) is 9.40. The highest BCUT2D eigenvalue weighted by Crippen LogP contribution is 2.10. The summed E-state index contributed by atoms with van der Waals surface area (Å²) in [5.41, 5.74) is 2.64. The molecule has 2 N–H and O–H groups in total. The van der Waals surface area contributed by atoms with Crippen molar-refractivity contribution in [3.05, 3.63) is 58.7 Å². The molecule has 0 unspecified atom stereocenters. The molecule has 4 heteroatoms. The molecule has 106 valence electrons. The molecule has 0 heterocycles. The van der Waals surface area contributed by atoms with Gasteiger partial charge in [0, 0.05) is 11.1 Å². The van der Waals surface area contributed by atoms with Crippen LogP contribution >= 0.6 is 0 Å². The highest BCUT2D eigenvalue weighted by atomic mass is 16.4. The van der Waals surface area contributed by atoms with Crippen molar-refractivity contribution in [1.82, 2.24) is 0 Å². The predicted octanol–water partition coefficient (Wildman–Crippen LogP) is 2.83. The molecule has 0 aliphatic rings. The van der Waals surface area contributed by atoms with E-state index < -0.39 is 11.9 Å². The van der Waals surface area contributed by atoms with Gasteiger partial charge in [0.05, 0.1) is 0 Å². The van der Waals surface area contributed by atoms with Crippen LogP contribution in [0.2, 0.25) is 0 Å². The third-order valence-electron chi connectivity index (χ3n) is 2.95. The van der Waals surface area contributed by atoms with Gasteiger partial charge in [-0.1, -0.05) is 36.4 Å². The van der Waals surface area contributed by atoms with Gasteiger partial charge in [0.25, 0.3) is 0 Å². The van der Waals surface area contributed by atoms with Gasteiger partial charge in [-0.2, -0.15) is 0 Å². The Morgan fingerprint density at radius 2 is 1.35 bits per heavy atom. The molecular formula is C16H18O4. The quantitative estimate of drug-likeness (QED) is 0.782. The molecule has 0 radical (unpaired) electrons. The zero-order valence-corrected chi connectivity index (χ0v) is 11.6. The minimum absolute atomic E-state index is 0.317. The van der Waals surface area contributed by atoms with Crippen LogP contribution in [0.15, 0.2) is 47.6 Å². The number of carboxylic acid groups (broad SMARTS) is 2. The molecule has 20 heavy (non-hydrogen) atoms. The van der Waals surface area contributed by atoms with Crippen LogP contribution in [0, 0.1) is 0 Å². The Kier molecular flexibility index (Phi) is 5.72. The lowest BCUT2D eigenvalue weighted by molar-refractivity contribution is -0.133. The van der Waals surface area contributed by atoms with Crippen LogP contribution in [0.1, 0.15) is 25.0 Å². The van der Waals surface area contributed by atoms with Gasteiger partial charge >= 0.3 is 11.9 Å². The Morgan fingerprint density at radius 1 is 0.950 bits per heavy atom. The van der Waals surface area contributed by atoms with Crippen molar-refractivity contribution in [3.63, 3.8) is 0 Å². The number of hydrogen-bond acceptors (Lipinski definition) is 2. The second kappa shape index (κ2) is 7.28. The molecule has 0 amide bonds. The molecular weight excluding hydrogens is 256 g/mol. The van der Waals surface area contributed by atoms with Gasteiger partial charge in [-0.25, -0.2) is 9.59 Å². The summed E-state index contributed by atoms with van der Waals surface area (Å²) in [4.78, 5) is 21.4. The van der Waals surface area contributed by atoms with E-state index in [1.807, 2.05) is 24.3 Å². The summed E-state index contributed by atoms with van der Waals surface area (Å²) in [6.45, 7) is 3.12. The molecule has 0 aromatic heterocycles. The molecule has 4 nitrogen and oxygen atoms in total. The number of allylic oxidation sites excluding steroid dienone is 2. The van der Waals surface area contributed by atoms with Crippen molar-refractivity contribution in [2.24, 2.45) is 0 Å². The van der Waals surface area contributed by atoms with Crippen molar-refractivity contribution in [3.8, 4) is 0 Å². The minimum atomic E-state index is -0.916. The summed E-state index contributed by atoms with van der Waals surface area (Å²) in [5.74, 6) is -1.83.